The molecular formula is C7H7ClN2O2. The monoisotopic (exact) mass is 186 g/mol. The van der Waals surface area contributed by atoms with Crippen molar-refractivity contribution < 1.29 is 9.90 Å². The quantitative estimate of drug-likeness (QED) is 0.717. The number of carboxylic acids is 1. The van der Waals surface area contributed by atoms with Gasteiger partial charge in [0.2, 0.25) is 0 Å². The molecule has 3 N–H and O–H groups in total. The van der Waals surface area contributed by atoms with E-state index in [1.54, 1.807) is 6.07 Å². The highest BCUT2D eigenvalue weighted by Gasteiger charge is 2.14. The molecule has 0 saturated carbocycles. The molecule has 0 amide bonds. The zero-order valence-corrected chi connectivity index (χ0v) is 6.82. The highest BCUT2D eigenvalue weighted by molar-refractivity contribution is 6.30. The average Bonchev–Trinajstić information content (AvgIpc) is 2.04. The number of nitrogens with two attached hydrogens (primary N) is 1. The Labute approximate surface area is 74.0 Å². The summed E-state index contributed by atoms with van der Waals surface area (Å²) in [5.74, 6) is -1.11. The smallest absolute Gasteiger partial charge is 0.326 e. The fourth-order valence-electron chi connectivity index (χ4n) is 0.698. The van der Waals surface area contributed by atoms with Crippen LogP contribution in [0.2, 0.25) is 5.02 Å². The Morgan fingerprint density at radius 3 is 2.75 bits per heavy atom. The lowest BCUT2D eigenvalue weighted by Crippen LogP contribution is -2.21. The van der Waals surface area contributed by atoms with Crippen LogP contribution in [0.25, 0.3) is 0 Å². The summed E-state index contributed by atoms with van der Waals surface area (Å²) in [6.45, 7) is 0. The van der Waals surface area contributed by atoms with Crippen molar-refractivity contribution in [2.75, 3.05) is 0 Å². The molecule has 1 heterocycles. The molecule has 1 atom stereocenters. The first-order valence-electron chi connectivity index (χ1n) is 3.21. The summed E-state index contributed by atoms with van der Waals surface area (Å²) in [5.41, 5.74) is 5.58. The van der Waals surface area contributed by atoms with Crippen LogP contribution in [-0.2, 0) is 4.79 Å². The highest BCUT2D eigenvalue weighted by atomic mass is 35.5. The Bertz CT molecular complexity index is 286. The minimum absolute atomic E-state index is 0.298. The van der Waals surface area contributed by atoms with Crippen molar-refractivity contribution >= 4 is 17.6 Å². The van der Waals surface area contributed by atoms with E-state index in [2.05, 4.69) is 4.98 Å². The molecule has 0 fully saturated rings. The predicted octanol–water partition coefficient (Wildman–Crippen LogP) is 0.819. The number of hydrogen-bond acceptors (Lipinski definition) is 3. The van der Waals surface area contributed by atoms with Crippen molar-refractivity contribution in [3.63, 3.8) is 0 Å². The van der Waals surface area contributed by atoms with Gasteiger partial charge in [0.1, 0.15) is 6.04 Å². The number of nitrogens with zero attached hydrogens (tertiary/aromatic N) is 1. The standard InChI is InChI=1S/C7H7ClN2O2/c8-4-1-2-5(10-3-4)6(9)7(11)12/h1-3,6H,9H2,(H,11,12)/t6-/m1/s1. The molecular weight excluding hydrogens is 180 g/mol. The van der Waals surface area contributed by atoms with Gasteiger partial charge < -0.3 is 10.8 Å². The third-order valence-electron chi connectivity index (χ3n) is 1.33. The van der Waals surface area contributed by atoms with Crippen LogP contribution in [0.15, 0.2) is 18.3 Å². The van der Waals surface area contributed by atoms with Crippen LogP contribution < -0.4 is 5.73 Å². The maximum absolute atomic E-state index is 10.4. The van der Waals surface area contributed by atoms with E-state index in [0.717, 1.165) is 0 Å². The number of hydrogen-bond donors (Lipinski definition) is 2. The van der Waals surface area contributed by atoms with E-state index in [4.69, 9.17) is 22.4 Å². The van der Waals surface area contributed by atoms with E-state index >= 15 is 0 Å². The number of pyridine rings is 1. The molecule has 1 rings (SSSR count). The predicted molar refractivity (Wildman–Crippen MR) is 43.8 cm³/mol. The van der Waals surface area contributed by atoms with E-state index in [1.807, 2.05) is 0 Å². The molecule has 0 aliphatic rings. The topological polar surface area (TPSA) is 76.2 Å². The highest BCUT2D eigenvalue weighted by Crippen LogP contribution is 2.10. The normalized spacial score (nSPS) is 12.5. The van der Waals surface area contributed by atoms with Crippen LogP contribution in [0, 0.1) is 0 Å². The molecule has 4 nitrogen and oxygen atoms in total. The van der Waals surface area contributed by atoms with Crippen LogP contribution in [0.1, 0.15) is 11.7 Å². The molecule has 5 heteroatoms. The van der Waals surface area contributed by atoms with Crippen molar-refractivity contribution in [2.45, 2.75) is 6.04 Å². The second kappa shape index (κ2) is 3.51. The van der Waals surface area contributed by atoms with Crippen LogP contribution in [-0.4, -0.2) is 16.1 Å². The summed E-state index contributed by atoms with van der Waals surface area (Å²) in [7, 11) is 0. The van der Waals surface area contributed by atoms with Gasteiger partial charge in [-0.05, 0) is 12.1 Å². The first kappa shape index (κ1) is 8.96. The largest absolute Gasteiger partial charge is 0.480 e. The van der Waals surface area contributed by atoms with Crippen LogP contribution >= 0.6 is 11.6 Å². The van der Waals surface area contributed by atoms with Gasteiger partial charge in [-0.2, -0.15) is 0 Å². The third kappa shape index (κ3) is 1.93. The molecule has 0 spiro atoms. The summed E-state index contributed by atoms with van der Waals surface area (Å²) >= 11 is 5.55. The molecule has 12 heavy (non-hydrogen) atoms. The number of aliphatic carboxylic acids is 1. The van der Waals surface area contributed by atoms with Crippen LogP contribution in [0.3, 0.4) is 0 Å². The van der Waals surface area contributed by atoms with Crippen molar-refractivity contribution in [1.82, 2.24) is 4.98 Å². The molecule has 0 saturated heterocycles. The van der Waals surface area contributed by atoms with Gasteiger partial charge in [-0.25, -0.2) is 0 Å². The number of rotatable bonds is 2. The second-order valence-corrected chi connectivity index (χ2v) is 2.65. The van der Waals surface area contributed by atoms with E-state index in [0.29, 0.717) is 10.7 Å². The molecule has 0 unspecified atom stereocenters. The molecule has 1 aromatic heterocycles. The van der Waals surface area contributed by atoms with Gasteiger partial charge in [0.05, 0.1) is 10.7 Å². The Kier molecular flexibility index (Phi) is 2.62. The van der Waals surface area contributed by atoms with Crippen molar-refractivity contribution in [2.24, 2.45) is 5.73 Å². The summed E-state index contributed by atoms with van der Waals surface area (Å²) in [5, 5.41) is 8.96. The van der Waals surface area contributed by atoms with Crippen molar-refractivity contribution in [3.05, 3.63) is 29.0 Å². The van der Waals surface area contributed by atoms with Gasteiger partial charge >= 0.3 is 5.97 Å². The lowest BCUT2D eigenvalue weighted by molar-refractivity contribution is -0.138. The van der Waals surface area contributed by atoms with Gasteiger partial charge in [-0.1, -0.05) is 11.6 Å². The molecule has 0 aromatic carbocycles. The van der Waals surface area contributed by atoms with Gasteiger partial charge in [0, 0.05) is 6.20 Å². The Morgan fingerprint density at radius 1 is 1.67 bits per heavy atom. The Balaban J connectivity index is 2.89. The summed E-state index contributed by atoms with van der Waals surface area (Å²) in [6.07, 6.45) is 1.36. The molecule has 1 aromatic rings. The fourth-order valence-corrected chi connectivity index (χ4v) is 0.810. The Hall–Kier alpha value is -1.13. The molecule has 0 aliphatic heterocycles. The molecule has 64 valence electrons. The van der Waals surface area contributed by atoms with E-state index in [-0.39, 0.29) is 0 Å². The second-order valence-electron chi connectivity index (χ2n) is 2.22. The SMILES string of the molecule is N[C@@H](C(=O)O)c1ccc(Cl)cn1. The van der Waals surface area contributed by atoms with E-state index < -0.39 is 12.0 Å². The number of carbonyl (C=O) groups is 1. The number of aromatic nitrogens is 1. The van der Waals surface area contributed by atoms with Gasteiger partial charge in [-0.15, -0.1) is 0 Å². The van der Waals surface area contributed by atoms with E-state index in [9.17, 15) is 4.79 Å². The maximum atomic E-state index is 10.4. The van der Waals surface area contributed by atoms with Crippen molar-refractivity contribution in [1.29, 1.82) is 0 Å². The zero-order valence-electron chi connectivity index (χ0n) is 6.07. The zero-order chi connectivity index (χ0) is 9.14. The maximum Gasteiger partial charge on any atom is 0.326 e. The lowest BCUT2D eigenvalue weighted by atomic mass is 10.2. The van der Waals surface area contributed by atoms with Gasteiger partial charge in [0.15, 0.2) is 0 Å². The van der Waals surface area contributed by atoms with Crippen LogP contribution in [0.4, 0.5) is 0 Å². The van der Waals surface area contributed by atoms with Gasteiger partial charge in [0.25, 0.3) is 0 Å². The lowest BCUT2D eigenvalue weighted by Gasteiger charge is -2.04. The Morgan fingerprint density at radius 2 is 2.33 bits per heavy atom. The first-order valence-corrected chi connectivity index (χ1v) is 3.59. The van der Waals surface area contributed by atoms with Gasteiger partial charge in [-0.3, -0.25) is 9.78 Å². The van der Waals surface area contributed by atoms with Crippen molar-refractivity contribution in [3.8, 4) is 0 Å². The average molecular weight is 187 g/mol. The minimum atomic E-state index is -1.11. The summed E-state index contributed by atoms with van der Waals surface area (Å²) in [4.78, 5) is 14.1. The minimum Gasteiger partial charge on any atom is -0.480 e. The first-order chi connectivity index (χ1) is 5.61. The summed E-state index contributed by atoms with van der Waals surface area (Å²) < 4.78 is 0. The molecule has 0 aliphatic carbocycles. The summed E-state index contributed by atoms with van der Waals surface area (Å²) in [6, 6.07) is 1.95. The van der Waals surface area contributed by atoms with E-state index in [1.165, 1.54) is 12.3 Å². The molecule has 0 bridgehead atoms. The number of halogens is 1. The van der Waals surface area contributed by atoms with Crippen LogP contribution in [0.5, 0.6) is 0 Å². The number of carboxylic acid groups (broad SMARTS) is 1. The third-order valence-corrected chi connectivity index (χ3v) is 1.56. The molecule has 0 radical (unpaired) electrons. The fraction of sp³-hybridized carbons (Fsp3) is 0.143.